The molecule has 0 aromatic carbocycles. The largest absolute Gasteiger partial charge is 0.396 e. The van der Waals surface area contributed by atoms with Crippen LogP contribution < -0.4 is 0 Å². The molecule has 0 aromatic rings. The van der Waals surface area contributed by atoms with E-state index in [-0.39, 0.29) is 18.4 Å². The van der Waals surface area contributed by atoms with Crippen LogP contribution in [0.3, 0.4) is 0 Å². The van der Waals surface area contributed by atoms with Crippen LogP contribution in [0, 0.1) is 0 Å². The smallest absolute Gasteiger partial charge is 0.229 e. The topological polar surface area (TPSA) is 57.6 Å². The number of carbonyl (C=O) groups excluding carboxylic acids is 2. The lowest BCUT2D eigenvalue weighted by Gasteiger charge is -2.24. The quantitative estimate of drug-likeness (QED) is 0.530. The van der Waals surface area contributed by atoms with Gasteiger partial charge in [0.2, 0.25) is 11.8 Å². The zero-order valence-electron chi connectivity index (χ0n) is 9.07. The number of imide groups is 1. The molecule has 1 aliphatic heterocycles. The second kappa shape index (κ2) is 6.56. The summed E-state index contributed by atoms with van der Waals surface area (Å²) in [5, 5.41) is 8.58. The van der Waals surface area contributed by atoms with Crippen LogP contribution in [0.25, 0.3) is 0 Å². The van der Waals surface area contributed by atoms with Gasteiger partial charge < -0.3 is 5.11 Å². The molecule has 1 rings (SSSR count). The first-order valence-electron chi connectivity index (χ1n) is 5.70. The highest BCUT2D eigenvalue weighted by Crippen LogP contribution is 2.13. The third-order valence-corrected chi connectivity index (χ3v) is 2.67. The number of hydrogen-bond donors (Lipinski definition) is 1. The van der Waals surface area contributed by atoms with Crippen molar-refractivity contribution in [3.05, 3.63) is 0 Å². The number of piperidine rings is 1. The van der Waals surface area contributed by atoms with E-state index >= 15 is 0 Å². The van der Waals surface area contributed by atoms with E-state index in [1.807, 2.05) is 0 Å². The summed E-state index contributed by atoms with van der Waals surface area (Å²) in [6.45, 7) is 0.782. The molecule has 4 nitrogen and oxygen atoms in total. The summed E-state index contributed by atoms with van der Waals surface area (Å²) in [5.41, 5.74) is 0. The first kappa shape index (κ1) is 12.2. The zero-order valence-corrected chi connectivity index (χ0v) is 9.07. The van der Waals surface area contributed by atoms with Gasteiger partial charge >= 0.3 is 0 Å². The minimum atomic E-state index is -0.0200. The average molecular weight is 213 g/mol. The van der Waals surface area contributed by atoms with Gasteiger partial charge in [0.1, 0.15) is 0 Å². The first-order chi connectivity index (χ1) is 7.25. The normalized spacial score (nSPS) is 17.3. The maximum atomic E-state index is 11.4. The molecule has 0 saturated carbocycles. The summed E-state index contributed by atoms with van der Waals surface area (Å²) in [6.07, 6.45) is 5.34. The van der Waals surface area contributed by atoms with Gasteiger partial charge in [0, 0.05) is 26.0 Å². The van der Waals surface area contributed by atoms with Crippen molar-refractivity contribution < 1.29 is 14.7 Å². The average Bonchev–Trinajstić information content (AvgIpc) is 2.21. The number of unbranched alkanes of at least 4 members (excludes halogenated alkanes) is 3. The molecule has 1 heterocycles. The van der Waals surface area contributed by atoms with E-state index < -0.39 is 0 Å². The molecule has 1 N–H and O–H groups in total. The summed E-state index contributed by atoms with van der Waals surface area (Å²) in [6, 6.07) is 0. The lowest BCUT2D eigenvalue weighted by Crippen LogP contribution is -2.40. The van der Waals surface area contributed by atoms with E-state index in [4.69, 9.17) is 5.11 Å². The van der Waals surface area contributed by atoms with Crippen molar-refractivity contribution in [1.82, 2.24) is 4.90 Å². The van der Waals surface area contributed by atoms with Crippen molar-refractivity contribution in [2.45, 2.75) is 44.9 Å². The molecule has 0 aromatic heterocycles. The molecule has 0 unspecified atom stereocenters. The maximum Gasteiger partial charge on any atom is 0.229 e. The molecular weight excluding hydrogens is 194 g/mol. The van der Waals surface area contributed by atoms with Gasteiger partial charge in [-0.3, -0.25) is 14.5 Å². The van der Waals surface area contributed by atoms with Crippen LogP contribution in [0.5, 0.6) is 0 Å². The summed E-state index contributed by atoms with van der Waals surface area (Å²) >= 11 is 0. The second-order valence-corrected chi connectivity index (χ2v) is 3.93. The summed E-state index contributed by atoms with van der Waals surface area (Å²) < 4.78 is 0. The van der Waals surface area contributed by atoms with Gasteiger partial charge in [-0.2, -0.15) is 0 Å². The third-order valence-electron chi connectivity index (χ3n) is 2.67. The van der Waals surface area contributed by atoms with E-state index in [0.29, 0.717) is 25.8 Å². The second-order valence-electron chi connectivity index (χ2n) is 3.93. The number of rotatable bonds is 6. The fourth-order valence-electron chi connectivity index (χ4n) is 1.78. The van der Waals surface area contributed by atoms with Gasteiger partial charge in [0.05, 0.1) is 0 Å². The minimum Gasteiger partial charge on any atom is -0.396 e. The molecule has 0 atom stereocenters. The number of hydrogen-bond acceptors (Lipinski definition) is 3. The molecule has 0 aliphatic carbocycles. The first-order valence-corrected chi connectivity index (χ1v) is 5.70. The van der Waals surface area contributed by atoms with Crippen molar-refractivity contribution in [3.8, 4) is 0 Å². The molecule has 0 bridgehead atoms. The van der Waals surface area contributed by atoms with Crippen LogP contribution in [0.4, 0.5) is 0 Å². The number of likely N-dealkylation sites (tertiary alicyclic amines) is 1. The highest BCUT2D eigenvalue weighted by molar-refractivity contribution is 5.97. The summed E-state index contributed by atoms with van der Waals surface area (Å²) in [7, 11) is 0. The van der Waals surface area contributed by atoms with Gasteiger partial charge in [-0.1, -0.05) is 12.8 Å². The fraction of sp³-hybridized carbons (Fsp3) is 0.818. The van der Waals surface area contributed by atoms with Crippen molar-refractivity contribution in [2.24, 2.45) is 0 Å². The van der Waals surface area contributed by atoms with Gasteiger partial charge in [-0.15, -0.1) is 0 Å². The Labute approximate surface area is 90.3 Å². The van der Waals surface area contributed by atoms with Gasteiger partial charge in [-0.05, 0) is 19.3 Å². The molecular formula is C11H19NO3. The fourth-order valence-corrected chi connectivity index (χ4v) is 1.78. The lowest BCUT2D eigenvalue weighted by atomic mass is 10.1. The molecule has 1 fully saturated rings. The Balaban J connectivity index is 2.18. The Morgan fingerprint density at radius 1 is 1.00 bits per heavy atom. The highest BCUT2D eigenvalue weighted by Gasteiger charge is 2.24. The lowest BCUT2D eigenvalue weighted by molar-refractivity contribution is -0.148. The predicted octanol–water partition coefficient (Wildman–Crippen LogP) is 1.08. The van der Waals surface area contributed by atoms with Crippen molar-refractivity contribution in [2.75, 3.05) is 13.2 Å². The van der Waals surface area contributed by atoms with Crippen LogP contribution in [-0.2, 0) is 9.59 Å². The molecule has 1 aliphatic rings. The molecule has 2 amide bonds. The molecule has 1 saturated heterocycles. The van der Waals surface area contributed by atoms with Gasteiger partial charge in [0.15, 0.2) is 0 Å². The molecule has 15 heavy (non-hydrogen) atoms. The zero-order chi connectivity index (χ0) is 11.1. The summed E-state index contributed by atoms with van der Waals surface area (Å²) in [5.74, 6) is -0.0400. The SMILES string of the molecule is O=C1CCCC(=O)N1CCCCCCO. The van der Waals surface area contributed by atoms with Crippen LogP contribution in [0.1, 0.15) is 44.9 Å². The molecule has 86 valence electrons. The van der Waals surface area contributed by atoms with E-state index in [1.54, 1.807) is 0 Å². The van der Waals surface area contributed by atoms with E-state index in [1.165, 1.54) is 4.90 Å². The number of nitrogens with zero attached hydrogens (tertiary/aromatic N) is 1. The van der Waals surface area contributed by atoms with Crippen LogP contribution in [0.15, 0.2) is 0 Å². The number of amides is 2. The standard InChI is InChI=1S/C11H19NO3/c13-9-4-2-1-3-8-12-10(14)6-5-7-11(12)15/h13H,1-9H2. The van der Waals surface area contributed by atoms with Gasteiger partial charge in [-0.25, -0.2) is 0 Å². The van der Waals surface area contributed by atoms with E-state index in [2.05, 4.69) is 0 Å². The Hall–Kier alpha value is -0.900. The maximum absolute atomic E-state index is 11.4. The third kappa shape index (κ3) is 4.00. The van der Waals surface area contributed by atoms with Crippen LogP contribution in [-0.4, -0.2) is 35.0 Å². The Morgan fingerprint density at radius 3 is 2.20 bits per heavy atom. The minimum absolute atomic E-state index is 0.0200. The number of carbonyl (C=O) groups is 2. The molecule has 4 heteroatoms. The van der Waals surface area contributed by atoms with Crippen molar-refractivity contribution in [3.63, 3.8) is 0 Å². The Kier molecular flexibility index (Phi) is 5.32. The van der Waals surface area contributed by atoms with Crippen LogP contribution >= 0.6 is 0 Å². The van der Waals surface area contributed by atoms with Crippen LogP contribution in [0.2, 0.25) is 0 Å². The number of aliphatic hydroxyl groups is 1. The van der Waals surface area contributed by atoms with E-state index in [0.717, 1.165) is 25.7 Å². The predicted molar refractivity (Wildman–Crippen MR) is 56.1 cm³/mol. The Morgan fingerprint density at radius 2 is 1.60 bits per heavy atom. The summed E-state index contributed by atoms with van der Waals surface area (Å²) in [4.78, 5) is 24.2. The van der Waals surface area contributed by atoms with Crippen molar-refractivity contribution >= 4 is 11.8 Å². The molecule has 0 spiro atoms. The van der Waals surface area contributed by atoms with Crippen molar-refractivity contribution in [1.29, 1.82) is 0 Å². The van der Waals surface area contributed by atoms with Gasteiger partial charge in [0.25, 0.3) is 0 Å². The number of aliphatic hydroxyl groups excluding tert-OH is 1. The molecule has 0 radical (unpaired) electrons. The highest BCUT2D eigenvalue weighted by atomic mass is 16.3. The van der Waals surface area contributed by atoms with E-state index in [9.17, 15) is 9.59 Å². The monoisotopic (exact) mass is 213 g/mol. The Bertz CT molecular complexity index is 212.